The highest BCUT2D eigenvalue weighted by atomic mass is 32.1. The first-order valence-corrected chi connectivity index (χ1v) is 8.92. The summed E-state index contributed by atoms with van der Waals surface area (Å²) in [6, 6.07) is 2.76. The Morgan fingerprint density at radius 1 is 1.07 bits per heavy atom. The monoisotopic (exact) mass is 460 g/mol. The second-order valence-corrected chi connectivity index (χ2v) is 7.34. The number of hydrogen-bond acceptors (Lipinski definition) is 4. The van der Waals surface area contributed by atoms with Crippen LogP contribution in [0.2, 0.25) is 0 Å². The summed E-state index contributed by atoms with van der Waals surface area (Å²) in [6.45, 7) is 0. The van der Waals surface area contributed by atoms with Gasteiger partial charge in [0.15, 0.2) is 0 Å². The zero-order valence-electron chi connectivity index (χ0n) is 14.8. The lowest BCUT2D eigenvalue weighted by Gasteiger charge is -2.33. The van der Waals surface area contributed by atoms with Crippen LogP contribution in [0.5, 0.6) is 0 Å². The van der Waals surface area contributed by atoms with Crippen LogP contribution in [-0.2, 0) is 16.0 Å². The summed E-state index contributed by atoms with van der Waals surface area (Å²) in [7, 11) is 1.20. The average molecular weight is 460 g/mol. The first kappa shape index (κ1) is 25.5. The molecule has 168 valence electrons. The number of aryl methyl sites for hydroxylation is 1. The molecular formula is C16H17F9O3S. The van der Waals surface area contributed by atoms with E-state index in [1.165, 1.54) is 19.2 Å². The van der Waals surface area contributed by atoms with Gasteiger partial charge in [0.05, 0.1) is 13.2 Å². The van der Waals surface area contributed by atoms with Gasteiger partial charge in [-0.3, -0.25) is 4.79 Å². The molecule has 13 heteroatoms. The quantitative estimate of drug-likeness (QED) is 0.369. The molecule has 1 unspecified atom stereocenters. The third-order valence-electron chi connectivity index (χ3n) is 3.98. The largest absolute Gasteiger partial charge is 0.469 e. The van der Waals surface area contributed by atoms with Crippen molar-refractivity contribution in [1.29, 1.82) is 0 Å². The van der Waals surface area contributed by atoms with E-state index < -0.39 is 48.9 Å². The lowest BCUT2D eigenvalue weighted by Crippen LogP contribution is -2.60. The van der Waals surface area contributed by atoms with Crippen molar-refractivity contribution in [3.05, 3.63) is 21.9 Å². The molecule has 3 nitrogen and oxygen atoms in total. The molecule has 0 aromatic carbocycles. The number of halogens is 9. The molecule has 1 rings (SSSR count). The highest BCUT2D eigenvalue weighted by Crippen LogP contribution is 2.54. The summed E-state index contributed by atoms with van der Waals surface area (Å²) in [6.07, 6.45) is -11.1. The SMILES string of the molecule is COC(=O)CCCc1ccc(C(O)CCC(F)(F)C(F)(F)C(F)(F)C(F)(F)F)s1. The molecule has 0 amide bonds. The van der Waals surface area contributed by atoms with Crippen molar-refractivity contribution in [2.75, 3.05) is 7.11 Å². The number of methoxy groups -OCH3 is 1. The molecule has 1 aromatic heterocycles. The van der Waals surface area contributed by atoms with E-state index in [2.05, 4.69) is 4.74 Å². The standard InChI is InChI=1S/C16H17F9O3S/c1-28-12(27)4-2-3-9-5-6-11(29-9)10(26)7-8-13(17,18)14(19,20)15(21,22)16(23,24)25/h5-6,10,26H,2-4,7-8H2,1H3. The number of ether oxygens (including phenoxy) is 1. The minimum atomic E-state index is -6.94. The molecule has 0 saturated heterocycles. The highest BCUT2D eigenvalue weighted by molar-refractivity contribution is 7.12. The van der Waals surface area contributed by atoms with Gasteiger partial charge >= 0.3 is 29.9 Å². The van der Waals surface area contributed by atoms with Gasteiger partial charge in [-0.05, 0) is 31.4 Å². The molecule has 0 bridgehead atoms. The molecule has 1 aromatic rings. The number of aliphatic hydroxyl groups excluding tert-OH is 1. The summed E-state index contributed by atoms with van der Waals surface area (Å²) < 4.78 is 120. The Morgan fingerprint density at radius 2 is 1.66 bits per heavy atom. The summed E-state index contributed by atoms with van der Waals surface area (Å²) in [4.78, 5) is 11.6. The van der Waals surface area contributed by atoms with Gasteiger partial charge in [-0.1, -0.05) is 0 Å². The Bertz CT molecular complexity index is 685. The summed E-state index contributed by atoms with van der Waals surface area (Å²) in [5.41, 5.74) is 0. The van der Waals surface area contributed by atoms with E-state index in [1.54, 1.807) is 0 Å². The second-order valence-electron chi connectivity index (χ2n) is 6.14. The first-order valence-electron chi connectivity index (χ1n) is 8.10. The maximum Gasteiger partial charge on any atom is 0.460 e. The van der Waals surface area contributed by atoms with Crippen molar-refractivity contribution in [2.45, 2.75) is 62.2 Å². The van der Waals surface area contributed by atoms with Crippen LogP contribution in [0, 0.1) is 0 Å². The molecule has 0 radical (unpaired) electrons. The molecule has 0 aliphatic carbocycles. The van der Waals surface area contributed by atoms with Gasteiger partial charge in [-0.15, -0.1) is 11.3 Å². The zero-order chi connectivity index (χ0) is 22.7. The third kappa shape index (κ3) is 5.77. The first-order chi connectivity index (χ1) is 13.1. The van der Waals surface area contributed by atoms with Crippen molar-refractivity contribution >= 4 is 17.3 Å². The van der Waals surface area contributed by atoms with Gasteiger partial charge in [0.25, 0.3) is 0 Å². The fourth-order valence-electron chi connectivity index (χ4n) is 2.24. The predicted octanol–water partition coefficient (Wildman–Crippen LogP) is 5.53. The molecular weight excluding hydrogens is 443 g/mol. The molecule has 1 N–H and O–H groups in total. The average Bonchev–Trinajstić information content (AvgIpc) is 3.07. The number of carbonyl (C=O) groups excluding carboxylic acids is 1. The number of carbonyl (C=O) groups is 1. The Balaban J connectivity index is 2.73. The number of thiophene rings is 1. The predicted molar refractivity (Wildman–Crippen MR) is 84.4 cm³/mol. The number of aliphatic hydroxyl groups is 1. The fourth-order valence-corrected chi connectivity index (χ4v) is 3.32. The molecule has 0 saturated carbocycles. The van der Waals surface area contributed by atoms with Gasteiger partial charge in [0, 0.05) is 22.6 Å². The van der Waals surface area contributed by atoms with Crippen molar-refractivity contribution < 1.29 is 54.2 Å². The van der Waals surface area contributed by atoms with E-state index in [0.717, 1.165) is 11.3 Å². The van der Waals surface area contributed by atoms with Crippen LogP contribution in [0.15, 0.2) is 12.1 Å². The maximum absolute atomic E-state index is 13.5. The van der Waals surface area contributed by atoms with Crippen LogP contribution >= 0.6 is 11.3 Å². The van der Waals surface area contributed by atoms with Crippen LogP contribution < -0.4 is 0 Å². The third-order valence-corrected chi connectivity index (χ3v) is 5.23. The Labute approximate surface area is 163 Å². The molecule has 0 spiro atoms. The van der Waals surface area contributed by atoms with Crippen molar-refractivity contribution in [2.24, 2.45) is 0 Å². The minimum Gasteiger partial charge on any atom is -0.469 e. The van der Waals surface area contributed by atoms with Gasteiger partial charge in [-0.2, -0.15) is 39.5 Å². The van der Waals surface area contributed by atoms with Gasteiger partial charge in [0.2, 0.25) is 0 Å². The maximum atomic E-state index is 13.5. The van der Waals surface area contributed by atoms with Crippen LogP contribution in [0.3, 0.4) is 0 Å². The van der Waals surface area contributed by atoms with E-state index in [0.29, 0.717) is 17.7 Å². The molecule has 0 aliphatic heterocycles. The Morgan fingerprint density at radius 3 is 2.17 bits per heavy atom. The Kier molecular flexibility index (Phi) is 8.02. The molecule has 0 fully saturated rings. The smallest absolute Gasteiger partial charge is 0.460 e. The summed E-state index contributed by atoms with van der Waals surface area (Å²) in [5, 5.41) is 9.83. The van der Waals surface area contributed by atoms with Gasteiger partial charge in [0.1, 0.15) is 0 Å². The number of rotatable bonds is 10. The van der Waals surface area contributed by atoms with Crippen molar-refractivity contribution in [3.8, 4) is 0 Å². The van der Waals surface area contributed by atoms with E-state index in [1.807, 2.05) is 0 Å². The lowest BCUT2D eigenvalue weighted by molar-refractivity contribution is -0.397. The van der Waals surface area contributed by atoms with Crippen LogP contribution in [0.1, 0.15) is 41.5 Å². The van der Waals surface area contributed by atoms with Crippen molar-refractivity contribution in [1.82, 2.24) is 0 Å². The Hall–Kier alpha value is -1.50. The number of alkyl halides is 9. The zero-order valence-corrected chi connectivity index (χ0v) is 15.7. The topological polar surface area (TPSA) is 46.5 Å². The number of hydrogen-bond donors (Lipinski definition) is 1. The summed E-state index contributed by atoms with van der Waals surface area (Å²) >= 11 is 0.905. The molecule has 1 atom stereocenters. The highest BCUT2D eigenvalue weighted by Gasteiger charge is 2.81. The minimum absolute atomic E-state index is 0.0414. The van der Waals surface area contributed by atoms with E-state index in [-0.39, 0.29) is 11.3 Å². The van der Waals surface area contributed by atoms with E-state index in [4.69, 9.17) is 0 Å². The molecule has 0 aliphatic rings. The molecule has 1 heterocycles. The van der Waals surface area contributed by atoms with Crippen LogP contribution in [0.25, 0.3) is 0 Å². The lowest BCUT2D eigenvalue weighted by atomic mass is 9.98. The number of esters is 1. The van der Waals surface area contributed by atoms with Crippen molar-refractivity contribution in [3.63, 3.8) is 0 Å². The summed E-state index contributed by atoms with van der Waals surface area (Å²) in [5.74, 6) is -19.8. The van der Waals surface area contributed by atoms with E-state index >= 15 is 0 Å². The van der Waals surface area contributed by atoms with Crippen LogP contribution in [0.4, 0.5) is 39.5 Å². The fraction of sp³-hybridized carbons (Fsp3) is 0.688. The van der Waals surface area contributed by atoms with Gasteiger partial charge < -0.3 is 9.84 Å². The van der Waals surface area contributed by atoms with Crippen LogP contribution in [-0.4, -0.2) is 42.1 Å². The normalized spacial score (nSPS) is 14.7. The van der Waals surface area contributed by atoms with E-state index in [9.17, 15) is 49.4 Å². The molecule has 29 heavy (non-hydrogen) atoms. The van der Waals surface area contributed by atoms with Gasteiger partial charge in [-0.25, -0.2) is 0 Å². The second kappa shape index (κ2) is 9.11.